The Morgan fingerprint density at radius 3 is 2.88 bits per heavy atom. The number of nitrogens with two attached hydrogens (primary N) is 1. The van der Waals surface area contributed by atoms with E-state index in [1.165, 1.54) is 23.5 Å². The van der Waals surface area contributed by atoms with Gasteiger partial charge in [-0.15, -0.1) is 11.3 Å². The first-order chi connectivity index (χ1) is 12.1. The Balaban J connectivity index is 1.74. The van der Waals surface area contributed by atoms with E-state index < -0.39 is 0 Å². The van der Waals surface area contributed by atoms with E-state index in [1.807, 2.05) is 17.9 Å². The molecule has 1 unspecified atom stereocenters. The Kier molecular flexibility index (Phi) is 4.05. The Labute approximate surface area is 148 Å². The molecule has 7 heteroatoms. The molecular weight excluding hydrogens is 339 g/mol. The number of aromatic nitrogens is 2. The molecule has 1 aliphatic heterocycles. The monoisotopic (exact) mass is 358 g/mol. The van der Waals surface area contributed by atoms with Gasteiger partial charge < -0.3 is 10.6 Å². The lowest BCUT2D eigenvalue weighted by Crippen LogP contribution is -2.39. The van der Waals surface area contributed by atoms with Gasteiger partial charge in [-0.3, -0.25) is 4.79 Å². The van der Waals surface area contributed by atoms with E-state index in [9.17, 15) is 9.18 Å². The number of amides is 1. The molecule has 1 aliphatic rings. The number of hydrogen-bond acceptors (Lipinski definition) is 4. The number of thiophene rings is 1. The van der Waals surface area contributed by atoms with Gasteiger partial charge in [0.05, 0.1) is 16.3 Å². The number of halogens is 1. The Morgan fingerprint density at radius 1 is 1.40 bits per heavy atom. The summed E-state index contributed by atoms with van der Waals surface area (Å²) >= 11 is 1.43. The molecule has 130 valence electrons. The molecule has 25 heavy (non-hydrogen) atoms. The molecule has 0 aliphatic carbocycles. The predicted molar refractivity (Wildman–Crippen MR) is 96.8 cm³/mol. The fraction of sp³-hybridized carbons (Fsp3) is 0.333. The van der Waals surface area contributed by atoms with Crippen LogP contribution in [0.15, 0.2) is 30.3 Å². The first-order valence-electron chi connectivity index (χ1n) is 8.34. The minimum absolute atomic E-state index is 0.0409. The van der Waals surface area contributed by atoms with E-state index in [4.69, 9.17) is 5.73 Å². The third-order valence-electron chi connectivity index (χ3n) is 4.74. The molecule has 0 radical (unpaired) electrons. The molecule has 5 nitrogen and oxygen atoms in total. The van der Waals surface area contributed by atoms with E-state index in [2.05, 4.69) is 5.10 Å². The van der Waals surface area contributed by atoms with E-state index in [0.717, 1.165) is 41.0 Å². The second-order valence-corrected chi connectivity index (χ2v) is 7.36. The number of hydrogen-bond donors (Lipinski definition) is 1. The molecule has 1 atom stereocenters. The van der Waals surface area contributed by atoms with Crippen LogP contribution in [0.4, 0.5) is 4.39 Å². The molecule has 3 aromatic rings. The maximum absolute atomic E-state index is 13.2. The molecule has 1 aromatic carbocycles. The second kappa shape index (κ2) is 6.24. The summed E-state index contributed by atoms with van der Waals surface area (Å²) in [6.45, 7) is 3.18. The molecule has 4 rings (SSSR count). The molecule has 0 bridgehead atoms. The fourth-order valence-electron chi connectivity index (χ4n) is 3.40. The first-order valence-corrected chi connectivity index (χ1v) is 9.16. The molecule has 1 saturated heterocycles. The lowest BCUT2D eigenvalue weighted by atomic mass is 10.2. The van der Waals surface area contributed by atoms with Gasteiger partial charge in [0.1, 0.15) is 10.6 Å². The van der Waals surface area contributed by atoms with Crippen molar-refractivity contribution in [1.29, 1.82) is 0 Å². The van der Waals surface area contributed by atoms with Crippen LogP contribution in [0.2, 0.25) is 0 Å². The van der Waals surface area contributed by atoms with Gasteiger partial charge in [0.15, 0.2) is 0 Å². The van der Waals surface area contributed by atoms with Gasteiger partial charge >= 0.3 is 0 Å². The molecule has 1 amide bonds. The van der Waals surface area contributed by atoms with Gasteiger partial charge in [-0.2, -0.15) is 5.10 Å². The smallest absolute Gasteiger partial charge is 0.264 e. The zero-order valence-electron chi connectivity index (χ0n) is 13.9. The Hall–Kier alpha value is -2.25. The summed E-state index contributed by atoms with van der Waals surface area (Å²) < 4.78 is 15.0. The summed E-state index contributed by atoms with van der Waals surface area (Å²) in [4.78, 5) is 16.4. The zero-order chi connectivity index (χ0) is 17.6. The third-order valence-corrected chi connectivity index (χ3v) is 5.84. The van der Waals surface area contributed by atoms with Gasteiger partial charge in [0.2, 0.25) is 0 Å². The highest BCUT2D eigenvalue weighted by Crippen LogP contribution is 2.32. The highest BCUT2D eigenvalue weighted by molar-refractivity contribution is 7.20. The average Bonchev–Trinajstić information content (AvgIpc) is 3.31. The van der Waals surface area contributed by atoms with Crippen LogP contribution in [0, 0.1) is 12.7 Å². The lowest BCUT2D eigenvalue weighted by molar-refractivity contribution is 0.0746. The van der Waals surface area contributed by atoms with Crippen LogP contribution in [0.3, 0.4) is 0 Å². The topological polar surface area (TPSA) is 64.2 Å². The van der Waals surface area contributed by atoms with Crippen molar-refractivity contribution in [3.05, 3.63) is 46.7 Å². The van der Waals surface area contributed by atoms with E-state index in [0.29, 0.717) is 11.4 Å². The SMILES string of the molecule is Cc1nn(-c2ccc(F)cc2)c2sc(C(=O)N3CCCC3CN)cc12. The van der Waals surface area contributed by atoms with E-state index >= 15 is 0 Å². The zero-order valence-corrected chi connectivity index (χ0v) is 14.7. The minimum Gasteiger partial charge on any atom is -0.334 e. The third kappa shape index (κ3) is 2.73. The normalized spacial score (nSPS) is 17.6. The summed E-state index contributed by atoms with van der Waals surface area (Å²) in [5.74, 6) is -0.244. The highest BCUT2D eigenvalue weighted by atomic mass is 32.1. The Morgan fingerprint density at radius 2 is 2.16 bits per heavy atom. The maximum atomic E-state index is 13.2. The number of nitrogens with zero attached hydrogens (tertiary/aromatic N) is 3. The van der Waals surface area contributed by atoms with Gasteiger partial charge in [0, 0.05) is 24.5 Å². The van der Waals surface area contributed by atoms with Crippen LogP contribution >= 0.6 is 11.3 Å². The van der Waals surface area contributed by atoms with Crippen molar-refractivity contribution < 1.29 is 9.18 Å². The molecule has 1 fully saturated rings. The largest absolute Gasteiger partial charge is 0.334 e. The number of fused-ring (bicyclic) bond motifs is 1. The van der Waals surface area contributed by atoms with Crippen molar-refractivity contribution in [1.82, 2.24) is 14.7 Å². The number of carbonyl (C=O) groups is 1. The van der Waals surface area contributed by atoms with Gasteiger partial charge in [-0.1, -0.05) is 0 Å². The minimum atomic E-state index is -0.284. The fourth-order valence-corrected chi connectivity index (χ4v) is 4.54. The van der Waals surface area contributed by atoms with Crippen LogP contribution in [-0.4, -0.2) is 39.7 Å². The molecule has 2 N–H and O–H groups in total. The van der Waals surface area contributed by atoms with Crippen molar-refractivity contribution in [2.24, 2.45) is 5.73 Å². The summed E-state index contributed by atoms with van der Waals surface area (Å²) in [6.07, 6.45) is 1.97. The van der Waals surface area contributed by atoms with Gasteiger partial charge in [-0.25, -0.2) is 9.07 Å². The summed E-state index contributed by atoms with van der Waals surface area (Å²) in [7, 11) is 0. The molecule has 3 heterocycles. The first kappa shape index (κ1) is 16.2. The van der Waals surface area contributed by atoms with Crippen LogP contribution < -0.4 is 5.73 Å². The van der Waals surface area contributed by atoms with Crippen molar-refractivity contribution in [3.63, 3.8) is 0 Å². The van der Waals surface area contributed by atoms with Crippen molar-refractivity contribution in [2.45, 2.75) is 25.8 Å². The second-order valence-electron chi connectivity index (χ2n) is 6.33. The van der Waals surface area contributed by atoms with Crippen molar-refractivity contribution in [3.8, 4) is 5.69 Å². The molecule has 0 saturated carbocycles. The average molecular weight is 358 g/mol. The number of rotatable bonds is 3. The number of aryl methyl sites for hydroxylation is 1. The number of benzene rings is 1. The van der Waals surface area contributed by atoms with Gasteiger partial charge in [0.25, 0.3) is 5.91 Å². The predicted octanol–water partition coefficient (Wildman–Crippen LogP) is 3.10. The summed E-state index contributed by atoms with van der Waals surface area (Å²) in [6, 6.07) is 8.24. The van der Waals surface area contributed by atoms with Crippen LogP contribution in [0.1, 0.15) is 28.2 Å². The number of likely N-dealkylation sites (tertiary alicyclic amines) is 1. The van der Waals surface area contributed by atoms with Crippen LogP contribution in [0.25, 0.3) is 15.9 Å². The standard InChI is InChI=1S/C18H19FN4OS/c1-11-15-9-16(17(24)22-8-2-3-14(22)10-20)25-18(15)23(21-11)13-6-4-12(19)5-7-13/h4-7,9,14H,2-3,8,10,20H2,1H3. The highest BCUT2D eigenvalue weighted by Gasteiger charge is 2.30. The lowest BCUT2D eigenvalue weighted by Gasteiger charge is -2.22. The van der Waals surface area contributed by atoms with Crippen molar-refractivity contribution >= 4 is 27.5 Å². The molecular formula is C18H19FN4OS. The molecule has 2 aromatic heterocycles. The summed E-state index contributed by atoms with van der Waals surface area (Å²) in [5, 5.41) is 5.50. The van der Waals surface area contributed by atoms with Crippen LogP contribution in [-0.2, 0) is 0 Å². The number of carbonyl (C=O) groups excluding carboxylic acids is 1. The van der Waals surface area contributed by atoms with Crippen molar-refractivity contribution in [2.75, 3.05) is 13.1 Å². The summed E-state index contributed by atoms with van der Waals surface area (Å²) in [5.41, 5.74) is 7.43. The quantitative estimate of drug-likeness (QED) is 0.782. The van der Waals surface area contributed by atoms with Gasteiger partial charge in [-0.05, 0) is 50.1 Å². The maximum Gasteiger partial charge on any atom is 0.264 e. The molecule has 0 spiro atoms. The van der Waals surface area contributed by atoms with E-state index in [1.54, 1.807) is 16.8 Å². The van der Waals surface area contributed by atoms with Crippen LogP contribution in [0.5, 0.6) is 0 Å². The van der Waals surface area contributed by atoms with E-state index in [-0.39, 0.29) is 17.8 Å². The Bertz CT molecular complexity index is 931.